The Morgan fingerprint density at radius 2 is 1.56 bits per heavy atom. The van der Waals surface area contributed by atoms with Gasteiger partial charge in [0.2, 0.25) is 15.9 Å². The number of halogens is 5. The van der Waals surface area contributed by atoms with Crippen LogP contribution >= 0.6 is 11.6 Å². The average Bonchev–Trinajstić information content (AvgIpc) is 2.73. The summed E-state index contributed by atoms with van der Waals surface area (Å²) in [5.41, 5.74) is -1.43. The molecule has 1 aromatic carbocycles. The predicted octanol–water partition coefficient (Wildman–Crippen LogP) is 4.50. The second kappa shape index (κ2) is 9.56. The summed E-state index contributed by atoms with van der Waals surface area (Å²) >= 11 is 5.61. The van der Waals surface area contributed by atoms with Gasteiger partial charge in [-0.1, -0.05) is 11.6 Å². The number of sulfonamides is 1. The number of benzene rings is 1. The summed E-state index contributed by atoms with van der Waals surface area (Å²) in [6, 6.07) is 1.73. The highest BCUT2D eigenvalue weighted by atomic mass is 35.5. The van der Waals surface area contributed by atoms with Crippen LogP contribution in [-0.4, -0.2) is 66.8 Å². The SMILES string of the molecule is CCS(=O)(=O)N1CCN(C2(CCC(=O)c3c(F)cc(Cl)cc3F)CCC(F)(F)CC2)CC1. The molecule has 1 aliphatic carbocycles. The van der Waals surface area contributed by atoms with Crippen LogP contribution in [0.5, 0.6) is 0 Å². The van der Waals surface area contributed by atoms with Crippen molar-refractivity contribution in [3.63, 3.8) is 0 Å². The zero-order valence-electron chi connectivity index (χ0n) is 17.9. The third-order valence-electron chi connectivity index (χ3n) is 6.68. The summed E-state index contributed by atoms with van der Waals surface area (Å²) < 4.78 is 81.8. The van der Waals surface area contributed by atoms with E-state index in [9.17, 15) is 30.8 Å². The van der Waals surface area contributed by atoms with Gasteiger partial charge in [0.05, 0.1) is 11.3 Å². The second-order valence-corrected chi connectivity index (χ2v) is 11.2. The van der Waals surface area contributed by atoms with Gasteiger partial charge in [0, 0.05) is 56.0 Å². The predicted molar refractivity (Wildman–Crippen MR) is 114 cm³/mol. The number of rotatable bonds is 7. The fraction of sp³-hybridized carbons (Fsp3) is 0.667. The zero-order chi connectivity index (χ0) is 23.7. The molecule has 1 aliphatic heterocycles. The molecule has 1 aromatic rings. The normalized spacial score (nSPS) is 22.1. The molecule has 11 heteroatoms. The van der Waals surface area contributed by atoms with Crippen LogP contribution in [0.4, 0.5) is 17.6 Å². The molecule has 0 unspecified atom stereocenters. The molecule has 180 valence electrons. The molecule has 3 rings (SSSR count). The molecule has 0 N–H and O–H groups in total. The Labute approximate surface area is 190 Å². The van der Waals surface area contributed by atoms with Crippen LogP contribution in [0, 0.1) is 11.6 Å². The van der Waals surface area contributed by atoms with Crippen molar-refractivity contribution in [2.24, 2.45) is 0 Å². The Morgan fingerprint density at radius 1 is 1.03 bits per heavy atom. The molecule has 1 heterocycles. The van der Waals surface area contributed by atoms with E-state index in [0.29, 0.717) is 13.1 Å². The monoisotopic (exact) mass is 498 g/mol. The molecule has 2 aliphatic rings. The average molecular weight is 499 g/mol. The first-order valence-electron chi connectivity index (χ1n) is 10.7. The largest absolute Gasteiger partial charge is 0.295 e. The quantitative estimate of drug-likeness (QED) is 0.410. The minimum atomic E-state index is -3.35. The fourth-order valence-electron chi connectivity index (χ4n) is 4.71. The second-order valence-electron chi connectivity index (χ2n) is 8.53. The van der Waals surface area contributed by atoms with Crippen LogP contribution in [0.2, 0.25) is 5.02 Å². The molecular weight excluding hydrogens is 472 g/mol. The van der Waals surface area contributed by atoms with Gasteiger partial charge in [-0.2, -0.15) is 4.31 Å². The lowest BCUT2D eigenvalue weighted by Crippen LogP contribution is -2.60. The summed E-state index contributed by atoms with van der Waals surface area (Å²) in [6.45, 7) is 2.74. The zero-order valence-corrected chi connectivity index (χ0v) is 19.4. The van der Waals surface area contributed by atoms with Gasteiger partial charge in [0.15, 0.2) is 5.78 Å². The van der Waals surface area contributed by atoms with Gasteiger partial charge in [0.1, 0.15) is 11.6 Å². The maximum atomic E-state index is 14.2. The summed E-state index contributed by atoms with van der Waals surface area (Å²) in [5, 5.41) is -0.164. The third kappa shape index (κ3) is 5.46. The maximum absolute atomic E-state index is 14.2. The molecular formula is C21H27ClF4N2O3S. The number of nitrogens with zero attached hydrogens (tertiary/aromatic N) is 2. The van der Waals surface area contributed by atoms with Crippen molar-refractivity contribution in [1.82, 2.24) is 9.21 Å². The fourth-order valence-corrected chi connectivity index (χ4v) is 5.98. The summed E-state index contributed by atoms with van der Waals surface area (Å²) in [5.74, 6) is -5.67. The Morgan fingerprint density at radius 3 is 2.06 bits per heavy atom. The van der Waals surface area contributed by atoms with Crippen molar-refractivity contribution in [1.29, 1.82) is 0 Å². The van der Waals surface area contributed by atoms with Crippen LogP contribution in [0.25, 0.3) is 0 Å². The molecule has 1 saturated heterocycles. The van der Waals surface area contributed by atoms with Crippen LogP contribution < -0.4 is 0 Å². The first-order chi connectivity index (χ1) is 14.9. The van der Waals surface area contributed by atoms with Crippen LogP contribution in [0.1, 0.15) is 55.8 Å². The number of piperazine rings is 1. The first-order valence-corrected chi connectivity index (χ1v) is 12.7. The smallest absolute Gasteiger partial charge is 0.248 e. The van der Waals surface area contributed by atoms with E-state index in [1.807, 2.05) is 4.90 Å². The topological polar surface area (TPSA) is 57.7 Å². The van der Waals surface area contributed by atoms with E-state index in [0.717, 1.165) is 12.1 Å². The number of carbonyl (C=O) groups is 1. The Kier molecular flexibility index (Phi) is 7.59. The number of hydrogen-bond acceptors (Lipinski definition) is 4. The maximum Gasteiger partial charge on any atom is 0.248 e. The van der Waals surface area contributed by atoms with Crippen LogP contribution in [-0.2, 0) is 10.0 Å². The highest BCUT2D eigenvalue weighted by Gasteiger charge is 2.47. The van der Waals surface area contributed by atoms with E-state index >= 15 is 0 Å². The minimum Gasteiger partial charge on any atom is -0.295 e. The first kappa shape index (κ1) is 25.4. The molecule has 0 aromatic heterocycles. The van der Waals surface area contributed by atoms with Crippen LogP contribution in [0.15, 0.2) is 12.1 Å². The van der Waals surface area contributed by atoms with Gasteiger partial charge in [-0.25, -0.2) is 26.0 Å². The Bertz CT molecular complexity index is 933. The van der Waals surface area contributed by atoms with E-state index in [4.69, 9.17) is 11.6 Å². The standard InChI is InChI=1S/C21H27ClF4N2O3S/c1-2-32(30,31)28-11-9-27(10-12-28)20(5-7-21(25,26)8-6-20)4-3-18(29)19-16(23)13-15(22)14-17(19)24/h13-14H,2-12H2,1H3. The lowest BCUT2D eigenvalue weighted by atomic mass is 9.74. The molecule has 5 nitrogen and oxygen atoms in total. The molecule has 0 atom stereocenters. The molecule has 0 spiro atoms. The number of alkyl halides is 2. The van der Waals surface area contributed by atoms with E-state index < -0.39 is 44.5 Å². The van der Waals surface area contributed by atoms with E-state index in [2.05, 4.69) is 0 Å². The lowest BCUT2D eigenvalue weighted by molar-refractivity contribution is -0.0891. The van der Waals surface area contributed by atoms with Crippen molar-refractivity contribution in [2.45, 2.75) is 56.9 Å². The summed E-state index contributed by atoms with van der Waals surface area (Å²) in [4.78, 5) is 14.6. The molecule has 32 heavy (non-hydrogen) atoms. The highest BCUT2D eigenvalue weighted by molar-refractivity contribution is 7.89. The van der Waals surface area contributed by atoms with Crippen molar-refractivity contribution in [3.8, 4) is 0 Å². The molecule has 1 saturated carbocycles. The van der Waals surface area contributed by atoms with Crippen molar-refractivity contribution < 1.29 is 30.8 Å². The minimum absolute atomic E-state index is 0.0168. The Balaban J connectivity index is 1.76. The van der Waals surface area contributed by atoms with Gasteiger partial charge in [-0.05, 0) is 38.3 Å². The van der Waals surface area contributed by atoms with Gasteiger partial charge in [0.25, 0.3) is 0 Å². The van der Waals surface area contributed by atoms with Crippen molar-refractivity contribution in [3.05, 3.63) is 34.4 Å². The lowest BCUT2D eigenvalue weighted by Gasteiger charge is -2.51. The molecule has 2 fully saturated rings. The number of ketones is 1. The van der Waals surface area contributed by atoms with Gasteiger partial charge < -0.3 is 0 Å². The van der Waals surface area contributed by atoms with Crippen molar-refractivity contribution in [2.75, 3.05) is 31.9 Å². The molecule has 0 radical (unpaired) electrons. The van der Waals surface area contributed by atoms with Gasteiger partial charge >= 0.3 is 0 Å². The van der Waals surface area contributed by atoms with Crippen LogP contribution in [0.3, 0.4) is 0 Å². The summed E-state index contributed by atoms with van der Waals surface area (Å²) in [6.07, 6.45) is -0.506. The van der Waals surface area contributed by atoms with E-state index in [1.54, 1.807) is 6.92 Å². The number of carbonyl (C=O) groups excluding carboxylic acids is 1. The van der Waals surface area contributed by atoms with E-state index in [-0.39, 0.29) is 62.4 Å². The van der Waals surface area contributed by atoms with E-state index in [1.165, 1.54) is 4.31 Å². The highest BCUT2D eigenvalue weighted by Crippen LogP contribution is 2.44. The molecule has 0 bridgehead atoms. The van der Waals surface area contributed by atoms with Gasteiger partial charge in [-0.15, -0.1) is 0 Å². The summed E-state index contributed by atoms with van der Waals surface area (Å²) in [7, 11) is -3.35. The Hall–Kier alpha value is -1.23. The number of Topliss-reactive ketones (excluding diaryl/α,β-unsaturated/α-hetero) is 1. The third-order valence-corrected chi connectivity index (χ3v) is 8.78. The van der Waals surface area contributed by atoms with Gasteiger partial charge in [-0.3, -0.25) is 9.69 Å². The number of hydrogen-bond donors (Lipinski definition) is 0. The molecule has 0 amide bonds. The van der Waals surface area contributed by atoms with Crippen molar-refractivity contribution >= 4 is 27.4 Å².